The molecule has 0 N–H and O–H groups in total. The maximum absolute atomic E-state index is 2.40. The van der Waals surface area contributed by atoms with Gasteiger partial charge in [-0.2, -0.15) is 0 Å². The van der Waals surface area contributed by atoms with Crippen LogP contribution >= 0.6 is 0 Å². The van der Waals surface area contributed by atoms with Crippen molar-refractivity contribution in [1.82, 2.24) is 0 Å². The van der Waals surface area contributed by atoms with Gasteiger partial charge in [0.2, 0.25) is 0 Å². The lowest BCUT2D eigenvalue weighted by molar-refractivity contribution is -0.930. The fourth-order valence-electron chi connectivity index (χ4n) is 2.84. The third-order valence-corrected chi connectivity index (χ3v) is 4.47. The van der Waals surface area contributed by atoms with Crippen LogP contribution in [-0.2, 0) is 0 Å². The van der Waals surface area contributed by atoms with Gasteiger partial charge >= 0.3 is 0 Å². The van der Waals surface area contributed by atoms with Gasteiger partial charge in [0, 0.05) is 12.8 Å². The molecule has 1 saturated heterocycles. The molecule has 1 aliphatic heterocycles. The molecule has 0 aliphatic carbocycles. The van der Waals surface area contributed by atoms with Crippen LogP contribution in [0.5, 0.6) is 0 Å². The zero-order valence-corrected chi connectivity index (χ0v) is 10.8. The monoisotopic (exact) mass is 198 g/mol. The Morgan fingerprint density at radius 2 is 1.43 bits per heavy atom. The van der Waals surface area contributed by atoms with Crippen molar-refractivity contribution in [3.05, 3.63) is 0 Å². The van der Waals surface area contributed by atoms with E-state index in [1.165, 1.54) is 43.5 Å². The van der Waals surface area contributed by atoms with E-state index in [-0.39, 0.29) is 0 Å². The zero-order valence-electron chi connectivity index (χ0n) is 10.8. The van der Waals surface area contributed by atoms with Crippen LogP contribution in [0.1, 0.15) is 47.5 Å². The van der Waals surface area contributed by atoms with Gasteiger partial charge in [0.1, 0.15) is 0 Å². The summed E-state index contributed by atoms with van der Waals surface area (Å²) in [6, 6.07) is 0. The number of piperidine rings is 1. The van der Waals surface area contributed by atoms with Gasteiger partial charge in [-0.25, -0.2) is 0 Å². The van der Waals surface area contributed by atoms with E-state index in [9.17, 15) is 0 Å². The summed E-state index contributed by atoms with van der Waals surface area (Å²) in [6.45, 7) is 17.4. The number of hydrogen-bond donors (Lipinski definition) is 0. The second-order valence-corrected chi connectivity index (χ2v) is 6.06. The minimum absolute atomic E-state index is 0.525. The number of quaternary nitrogens is 1. The maximum Gasteiger partial charge on any atom is 0.0789 e. The molecule has 0 aromatic carbocycles. The molecule has 1 nitrogen and oxygen atoms in total. The summed E-state index contributed by atoms with van der Waals surface area (Å²) in [5.41, 5.74) is 0.525. The highest BCUT2D eigenvalue weighted by atomic mass is 15.3. The van der Waals surface area contributed by atoms with Crippen LogP contribution in [0.15, 0.2) is 0 Å². The highest BCUT2D eigenvalue weighted by Crippen LogP contribution is 2.36. The predicted octanol–water partition coefficient (Wildman–Crippen LogP) is 3.30. The molecule has 0 spiro atoms. The summed E-state index contributed by atoms with van der Waals surface area (Å²) < 4.78 is 1.37. The molecule has 0 radical (unpaired) electrons. The normalized spacial score (nSPS) is 23.8. The van der Waals surface area contributed by atoms with Gasteiger partial charge < -0.3 is 4.48 Å². The van der Waals surface area contributed by atoms with Crippen LogP contribution in [0.2, 0.25) is 0 Å². The summed E-state index contributed by atoms with van der Waals surface area (Å²) in [7, 11) is 0. The second kappa shape index (κ2) is 4.22. The van der Waals surface area contributed by atoms with Crippen molar-refractivity contribution >= 4 is 0 Å². The standard InChI is InChI=1S/C13H28N/c1-6-14(7-2)10-8-12(9-11-14)13(3,4)5/h12H,6-11H2,1-5H3/q+1. The van der Waals surface area contributed by atoms with Crippen molar-refractivity contribution in [1.29, 1.82) is 0 Å². The van der Waals surface area contributed by atoms with E-state index in [0.717, 1.165) is 5.92 Å². The number of likely N-dealkylation sites (tertiary alicyclic amines) is 1. The van der Waals surface area contributed by atoms with Crippen molar-refractivity contribution in [2.24, 2.45) is 11.3 Å². The Balaban J connectivity index is 2.53. The molecular formula is C13H28N+. The van der Waals surface area contributed by atoms with Gasteiger partial charge in [-0.15, -0.1) is 0 Å². The molecule has 0 aromatic heterocycles. The van der Waals surface area contributed by atoms with Gasteiger partial charge in [0.05, 0.1) is 26.2 Å². The lowest BCUT2D eigenvalue weighted by atomic mass is 9.75. The molecule has 0 aromatic rings. The zero-order chi connectivity index (χ0) is 10.8. The highest BCUT2D eigenvalue weighted by molar-refractivity contribution is 4.76. The fraction of sp³-hybridized carbons (Fsp3) is 1.00. The molecule has 1 aliphatic rings. The van der Waals surface area contributed by atoms with Crippen LogP contribution in [0.4, 0.5) is 0 Å². The summed E-state index contributed by atoms with van der Waals surface area (Å²) >= 11 is 0. The van der Waals surface area contributed by atoms with E-state index in [1.54, 1.807) is 0 Å². The average Bonchev–Trinajstić information content (AvgIpc) is 2.16. The van der Waals surface area contributed by atoms with E-state index in [4.69, 9.17) is 0 Å². The second-order valence-electron chi connectivity index (χ2n) is 6.06. The summed E-state index contributed by atoms with van der Waals surface area (Å²) in [5.74, 6) is 0.951. The topological polar surface area (TPSA) is 0 Å². The summed E-state index contributed by atoms with van der Waals surface area (Å²) in [4.78, 5) is 0. The Morgan fingerprint density at radius 1 is 1.00 bits per heavy atom. The van der Waals surface area contributed by atoms with Crippen LogP contribution in [-0.4, -0.2) is 30.7 Å². The lowest BCUT2D eigenvalue weighted by Gasteiger charge is -2.45. The Kier molecular flexibility index (Phi) is 3.63. The third-order valence-electron chi connectivity index (χ3n) is 4.47. The van der Waals surface area contributed by atoms with Crippen LogP contribution in [0.25, 0.3) is 0 Å². The minimum Gasteiger partial charge on any atom is -0.324 e. The molecule has 84 valence electrons. The van der Waals surface area contributed by atoms with E-state index >= 15 is 0 Å². The Bertz CT molecular complexity index is 164. The SMILES string of the molecule is CC[N+]1(CC)CCC(C(C)(C)C)CC1. The molecule has 0 atom stereocenters. The molecular weight excluding hydrogens is 170 g/mol. The highest BCUT2D eigenvalue weighted by Gasteiger charge is 2.35. The molecule has 1 heteroatoms. The van der Waals surface area contributed by atoms with E-state index in [1.807, 2.05) is 0 Å². The van der Waals surface area contributed by atoms with Gasteiger partial charge in [-0.3, -0.25) is 0 Å². The van der Waals surface area contributed by atoms with Crippen LogP contribution < -0.4 is 0 Å². The van der Waals surface area contributed by atoms with Gasteiger partial charge in [0.25, 0.3) is 0 Å². The number of hydrogen-bond acceptors (Lipinski definition) is 0. The summed E-state index contributed by atoms with van der Waals surface area (Å²) in [5, 5.41) is 0. The average molecular weight is 198 g/mol. The van der Waals surface area contributed by atoms with Crippen LogP contribution in [0, 0.1) is 11.3 Å². The van der Waals surface area contributed by atoms with E-state index < -0.39 is 0 Å². The smallest absolute Gasteiger partial charge is 0.0789 e. The molecule has 1 rings (SSSR count). The minimum atomic E-state index is 0.525. The largest absolute Gasteiger partial charge is 0.324 e. The molecule has 1 fully saturated rings. The molecule has 14 heavy (non-hydrogen) atoms. The van der Waals surface area contributed by atoms with Crippen molar-refractivity contribution in [2.45, 2.75) is 47.5 Å². The quantitative estimate of drug-likeness (QED) is 0.597. The first-order valence-electron chi connectivity index (χ1n) is 6.28. The molecule has 1 heterocycles. The van der Waals surface area contributed by atoms with Crippen molar-refractivity contribution in [3.63, 3.8) is 0 Å². The lowest BCUT2D eigenvalue weighted by Crippen LogP contribution is -2.53. The van der Waals surface area contributed by atoms with Gasteiger partial charge in [-0.1, -0.05) is 20.8 Å². The van der Waals surface area contributed by atoms with Crippen molar-refractivity contribution < 1.29 is 4.48 Å². The predicted molar refractivity (Wildman–Crippen MR) is 63.3 cm³/mol. The summed E-state index contributed by atoms with van der Waals surface area (Å²) in [6.07, 6.45) is 2.87. The molecule has 0 unspecified atom stereocenters. The first-order valence-corrected chi connectivity index (χ1v) is 6.28. The van der Waals surface area contributed by atoms with Crippen molar-refractivity contribution in [3.8, 4) is 0 Å². The Hall–Kier alpha value is -0.0400. The third kappa shape index (κ3) is 2.50. The maximum atomic E-state index is 2.40. The van der Waals surface area contributed by atoms with E-state index in [2.05, 4.69) is 34.6 Å². The number of rotatable bonds is 2. The molecule has 0 saturated carbocycles. The first kappa shape index (κ1) is 12.0. The van der Waals surface area contributed by atoms with E-state index in [0.29, 0.717) is 5.41 Å². The first-order chi connectivity index (χ1) is 6.43. The van der Waals surface area contributed by atoms with Crippen LogP contribution in [0.3, 0.4) is 0 Å². The Morgan fingerprint density at radius 3 is 1.71 bits per heavy atom. The molecule has 0 bridgehead atoms. The number of nitrogens with zero attached hydrogens (tertiary/aromatic N) is 1. The van der Waals surface area contributed by atoms with Gasteiger partial charge in [-0.05, 0) is 25.2 Å². The van der Waals surface area contributed by atoms with Crippen molar-refractivity contribution in [2.75, 3.05) is 26.2 Å². The fourth-order valence-corrected chi connectivity index (χ4v) is 2.84. The van der Waals surface area contributed by atoms with Gasteiger partial charge in [0.15, 0.2) is 0 Å². The molecule has 0 amide bonds. The Labute approximate surface area is 90.1 Å².